The molecule has 3 heteroatoms. The lowest BCUT2D eigenvalue weighted by molar-refractivity contribution is 0.276. The summed E-state index contributed by atoms with van der Waals surface area (Å²) >= 11 is 0. The summed E-state index contributed by atoms with van der Waals surface area (Å²) in [5, 5.41) is 9.14. The van der Waals surface area contributed by atoms with Crippen molar-refractivity contribution in [3.8, 4) is 23.3 Å². The van der Waals surface area contributed by atoms with Gasteiger partial charge in [0.05, 0.1) is 13.2 Å². The van der Waals surface area contributed by atoms with Gasteiger partial charge in [-0.25, -0.2) is 0 Å². The van der Waals surface area contributed by atoms with Crippen LogP contribution in [0, 0.1) is 11.8 Å². The van der Waals surface area contributed by atoms with E-state index in [2.05, 4.69) is 11.8 Å². The highest BCUT2D eigenvalue weighted by Crippen LogP contribution is 2.28. The molecule has 0 atom stereocenters. The van der Waals surface area contributed by atoms with E-state index in [1.54, 1.807) is 12.1 Å². The molecule has 0 heterocycles. The highest BCUT2D eigenvalue weighted by Gasteiger charge is 2.05. The van der Waals surface area contributed by atoms with Crippen molar-refractivity contribution in [1.82, 2.24) is 0 Å². The number of hydrogen-bond acceptors (Lipinski definition) is 3. The molecule has 0 spiro atoms. The molecular formula is C18H18O3. The van der Waals surface area contributed by atoms with Crippen molar-refractivity contribution in [3.63, 3.8) is 0 Å². The molecule has 0 fully saturated rings. The van der Waals surface area contributed by atoms with Crippen LogP contribution in [0.25, 0.3) is 0 Å². The lowest BCUT2D eigenvalue weighted by Gasteiger charge is -2.11. The summed E-state index contributed by atoms with van der Waals surface area (Å²) in [6.45, 7) is 2.72. The van der Waals surface area contributed by atoms with E-state index in [9.17, 15) is 0 Å². The highest BCUT2D eigenvalue weighted by molar-refractivity contribution is 5.43. The smallest absolute Gasteiger partial charge is 0.162 e. The molecule has 0 saturated carbocycles. The summed E-state index contributed by atoms with van der Waals surface area (Å²) in [6.07, 6.45) is 0. The number of aliphatic hydroxyl groups excluding tert-OH is 1. The predicted octanol–water partition coefficient (Wildman–Crippen LogP) is 3.01. The van der Waals surface area contributed by atoms with E-state index in [-0.39, 0.29) is 13.2 Å². The van der Waals surface area contributed by atoms with Crippen LogP contribution in [0.3, 0.4) is 0 Å². The number of aliphatic hydroxyl groups is 1. The first-order valence-corrected chi connectivity index (χ1v) is 6.86. The van der Waals surface area contributed by atoms with Gasteiger partial charge in [-0.15, -0.1) is 0 Å². The summed E-state index contributed by atoms with van der Waals surface area (Å²) in [7, 11) is 0. The summed E-state index contributed by atoms with van der Waals surface area (Å²) in [5.74, 6) is 7.27. The van der Waals surface area contributed by atoms with E-state index in [1.165, 1.54) is 0 Å². The molecule has 108 valence electrons. The van der Waals surface area contributed by atoms with Gasteiger partial charge in [-0.2, -0.15) is 0 Å². The third kappa shape index (κ3) is 4.55. The Morgan fingerprint density at radius 2 is 1.81 bits per heavy atom. The molecule has 0 radical (unpaired) electrons. The minimum Gasteiger partial charge on any atom is -0.490 e. The van der Waals surface area contributed by atoms with E-state index in [0.717, 1.165) is 11.1 Å². The third-order valence-corrected chi connectivity index (χ3v) is 2.80. The van der Waals surface area contributed by atoms with Crippen molar-refractivity contribution < 1.29 is 14.6 Å². The molecule has 0 saturated heterocycles. The van der Waals surface area contributed by atoms with Crippen molar-refractivity contribution in [2.24, 2.45) is 0 Å². The Labute approximate surface area is 125 Å². The minimum atomic E-state index is -0.0197. The van der Waals surface area contributed by atoms with Gasteiger partial charge in [0.1, 0.15) is 6.61 Å². The molecule has 0 aliphatic heterocycles. The zero-order valence-corrected chi connectivity index (χ0v) is 12.0. The van der Waals surface area contributed by atoms with E-state index in [4.69, 9.17) is 14.6 Å². The summed E-state index contributed by atoms with van der Waals surface area (Å²) in [6, 6.07) is 15.1. The Morgan fingerprint density at radius 1 is 1.00 bits per heavy atom. The topological polar surface area (TPSA) is 38.7 Å². The van der Waals surface area contributed by atoms with E-state index in [0.29, 0.717) is 18.1 Å². The van der Waals surface area contributed by atoms with Crippen LogP contribution < -0.4 is 9.47 Å². The summed E-state index contributed by atoms with van der Waals surface area (Å²) < 4.78 is 11.1. The van der Waals surface area contributed by atoms with Crippen LogP contribution in [-0.4, -0.2) is 18.3 Å². The van der Waals surface area contributed by atoms with Crippen LogP contribution in [0.15, 0.2) is 48.5 Å². The highest BCUT2D eigenvalue weighted by atomic mass is 16.5. The molecule has 0 amide bonds. The lowest BCUT2D eigenvalue weighted by Crippen LogP contribution is -2.00. The standard InChI is InChI=1S/C18H18O3/c1-2-20-18-13-16(14-19)10-11-17(18)21-12-6-9-15-7-4-3-5-8-15/h3-5,7-8,10-11,13,19H,2,12,14H2,1H3. The molecular weight excluding hydrogens is 264 g/mol. The maximum absolute atomic E-state index is 9.14. The molecule has 0 aromatic heterocycles. The average molecular weight is 282 g/mol. The van der Waals surface area contributed by atoms with Gasteiger partial charge in [-0.3, -0.25) is 0 Å². The van der Waals surface area contributed by atoms with Gasteiger partial charge in [0.2, 0.25) is 0 Å². The monoisotopic (exact) mass is 282 g/mol. The number of rotatable bonds is 5. The fourth-order valence-corrected chi connectivity index (χ4v) is 1.81. The Balaban J connectivity index is 2.01. The van der Waals surface area contributed by atoms with Crippen LogP contribution in [-0.2, 0) is 6.61 Å². The Hall–Kier alpha value is -2.44. The predicted molar refractivity (Wildman–Crippen MR) is 82.3 cm³/mol. The Kier molecular flexibility index (Phi) is 5.69. The number of ether oxygens (including phenoxy) is 2. The first-order chi connectivity index (χ1) is 10.3. The van der Waals surface area contributed by atoms with Gasteiger partial charge < -0.3 is 14.6 Å². The van der Waals surface area contributed by atoms with Gasteiger partial charge in [-0.05, 0) is 36.8 Å². The summed E-state index contributed by atoms with van der Waals surface area (Å²) in [4.78, 5) is 0. The fourth-order valence-electron chi connectivity index (χ4n) is 1.81. The Morgan fingerprint density at radius 3 is 2.52 bits per heavy atom. The van der Waals surface area contributed by atoms with Crippen molar-refractivity contribution in [2.75, 3.05) is 13.2 Å². The van der Waals surface area contributed by atoms with Crippen LogP contribution >= 0.6 is 0 Å². The largest absolute Gasteiger partial charge is 0.490 e. The van der Waals surface area contributed by atoms with Crippen molar-refractivity contribution >= 4 is 0 Å². The number of benzene rings is 2. The van der Waals surface area contributed by atoms with Crippen LogP contribution in [0.5, 0.6) is 11.5 Å². The average Bonchev–Trinajstić information content (AvgIpc) is 2.54. The minimum absolute atomic E-state index is 0.0197. The molecule has 1 N–H and O–H groups in total. The zero-order valence-electron chi connectivity index (χ0n) is 12.0. The van der Waals surface area contributed by atoms with Crippen LogP contribution in [0.1, 0.15) is 18.1 Å². The Bertz CT molecular complexity index is 624. The second kappa shape index (κ2) is 7.98. The molecule has 2 rings (SSSR count). The zero-order chi connectivity index (χ0) is 14.9. The van der Waals surface area contributed by atoms with Crippen LogP contribution in [0.2, 0.25) is 0 Å². The van der Waals surface area contributed by atoms with Crippen LogP contribution in [0.4, 0.5) is 0 Å². The second-order valence-electron chi connectivity index (χ2n) is 4.33. The van der Waals surface area contributed by atoms with Gasteiger partial charge in [0.25, 0.3) is 0 Å². The summed E-state index contributed by atoms with van der Waals surface area (Å²) in [5.41, 5.74) is 1.75. The fraction of sp³-hybridized carbons (Fsp3) is 0.222. The molecule has 2 aromatic rings. The molecule has 0 aliphatic rings. The van der Waals surface area contributed by atoms with Gasteiger partial charge in [-0.1, -0.05) is 36.1 Å². The maximum Gasteiger partial charge on any atom is 0.162 e. The lowest BCUT2D eigenvalue weighted by atomic mass is 10.2. The second-order valence-corrected chi connectivity index (χ2v) is 4.33. The first kappa shape index (κ1) is 15.0. The van der Waals surface area contributed by atoms with Crippen molar-refractivity contribution in [1.29, 1.82) is 0 Å². The molecule has 2 aromatic carbocycles. The molecule has 0 aliphatic carbocycles. The van der Waals surface area contributed by atoms with Gasteiger partial charge >= 0.3 is 0 Å². The molecule has 3 nitrogen and oxygen atoms in total. The van der Waals surface area contributed by atoms with E-state index in [1.807, 2.05) is 43.3 Å². The van der Waals surface area contributed by atoms with Gasteiger partial charge in [0.15, 0.2) is 11.5 Å². The molecule has 0 bridgehead atoms. The first-order valence-electron chi connectivity index (χ1n) is 6.86. The quantitative estimate of drug-likeness (QED) is 0.857. The maximum atomic E-state index is 9.14. The van der Waals surface area contributed by atoms with E-state index >= 15 is 0 Å². The van der Waals surface area contributed by atoms with Crippen molar-refractivity contribution in [3.05, 3.63) is 59.7 Å². The third-order valence-electron chi connectivity index (χ3n) is 2.80. The molecule has 21 heavy (non-hydrogen) atoms. The normalized spacial score (nSPS) is 9.62. The molecule has 0 unspecified atom stereocenters. The van der Waals surface area contributed by atoms with Gasteiger partial charge in [0, 0.05) is 5.56 Å². The van der Waals surface area contributed by atoms with E-state index < -0.39 is 0 Å². The van der Waals surface area contributed by atoms with Crippen molar-refractivity contribution in [2.45, 2.75) is 13.5 Å². The SMILES string of the molecule is CCOc1cc(CO)ccc1OCC#Cc1ccccc1. The number of hydrogen-bond donors (Lipinski definition) is 1.